The fraction of sp³-hybridized carbons (Fsp3) is 0.391. The first-order chi connectivity index (χ1) is 14.0. The summed E-state index contributed by atoms with van der Waals surface area (Å²) < 4.78 is 5.53. The zero-order valence-corrected chi connectivity index (χ0v) is 16.9. The highest BCUT2D eigenvalue weighted by Gasteiger charge is 2.22. The van der Waals surface area contributed by atoms with Crippen molar-refractivity contribution in [1.29, 1.82) is 0 Å². The normalized spacial score (nSPS) is 15.1. The molecule has 0 atom stereocenters. The van der Waals surface area contributed by atoms with Crippen LogP contribution in [0.4, 0.5) is 5.69 Å². The van der Waals surface area contributed by atoms with Gasteiger partial charge in [0.1, 0.15) is 5.75 Å². The zero-order valence-electron chi connectivity index (χ0n) is 16.9. The van der Waals surface area contributed by atoms with Gasteiger partial charge in [0, 0.05) is 18.2 Å². The second-order valence-electron chi connectivity index (χ2n) is 7.62. The van der Waals surface area contributed by atoms with Gasteiger partial charge in [0.15, 0.2) is 6.61 Å². The molecule has 0 unspecified atom stereocenters. The van der Waals surface area contributed by atoms with Gasteiger partial charge in [0.2, 0.25) is 5.91 Å². The van der Waals surface area contributed by atoms with Crippen LogP contribution in [0.15, 0.2) is 48.5 Å². The number of benzene rings is 2. The van der Waals surface area contributed by atoms with Gasteiger partial charge in [0.25, 0.3) is 5.91 Å². The lowest BCUT2D eigenvalue weighted by Crippen LogP contribution is -2.39. The van der Waals surface area contributed by atoms with Crippen molar-refractivity contribution < 1.29 is 14.3 Å². The van der Waals surface area contributed by atoms with Gasteiger partial charge in [-0.25, -0.2) is 0 Å². The molecule has 0 radical (unpaired) electrons. The van der Waals surface area contributed by atoms with E-state index in [1.165, 1.54) is 5.56 Å². The number of primary amides is 1. The SMILES string of the molecule is Cc1cccc(OCC(=O)Nc2ccc(CCN3CCC(C(N)=O)CC3)cc2)c1. The molecular weight excluding hydrogens is 366 g/mol. The maximum Gasteiger partial charge on any atom is 0.262 e. The monoisotopic (exact) mass is 395 g/mol. The van der Waals surface area contributed by atoms with Crippen molar-refractivity contribution in [2.24, 2.45) is 11.7 Å². The van der Waals surface area contributed by atoms with Gasteiger partial charge >= 0.3 is 0 Å². The van der Waals surface area contributed by atoms with Crippen molar-refractivity contribution in [3.63, 3.8) is 0 Å². The maximum atomic E-state index is 12.1. The van der Waals surface area contributed by atoms with Crippen LogP contribution in [0.5, 0.6) is 5.75 Å². The molecule has 0 bridgehead atoms. The van der Waals surface area contributed by atoms with Crippen molar-refractivity contribution in [3.05, 3.63) is 59.7 Å². The Kier molecular flexibility index (Phi) is 7.25. The summed E-state index contributed by atoms with van der Waals surface area (Å²) in [5.74, 6) is 0.363. The Hall–Kier alpha value is -2.86. The third-order valence-corrected chi connectivity index (χ3v) is 5.30. The highest BCUT2D eigenvalue weighted by atomic mass is 16.5. The molecule has 0 aromatic heterocycles. The topological polar surface area (TPSA) is 84.7 Å². The number of nitrogens with zero attached hydrogens (tertiary/aromatic N) is 1. The Bertz CT molecular complexity index is 828. The molecule has 3 rings (SSSR count). The van der Waals surface area contributed by atoms with E-state index in [4.69, 9.17) is 10.5 Å². The number of piperidine rings is 1. The standard InChI is InChI=1S/C23H29N3O3/c1-17-3-2-4-21(15-17)29-16-22(27)25-20-7-5-18(6-8-20)9-12-26-13-10-19(11-14-26)23(24)28/h2-8,15,19H,9-14,16H2,1H3,(H2,24,28)(H,25,27). The van der Waals surface area contributed by atoms with Crippen LogP contribution >= 0.6 is 0 Å². The van der Waals surface area contributed by atoms with Crippen molar-refractivity contribution in [3.8, 4) is 5.75 Å². The predicted octanol–water partition coefficient (Wildman–Crippen LogP) is 2.75. The van der Waals surface area contributed by atoms with Crippen LogP contribution in [0.25, 0.3) is 0 Å². The number of hydrogen-bond acceptors (Lipinski definition) is 4. The lowest BCUT2D eigenvalue weighted by molar-refractivity contribution is -0.123. The number of amides is 2. The number of hydrogen-bond donors (Lipinski definition) is 2. The van der Waals surface area contributed by atoms with E-state index in [1.807, 2.05) is 55.5 Å². The molecule has 2 amide bonds. The fourth-order valence-electron chi connectivity index (χ4n) is 3.53. The minimum Gasteiger partial charge on any atom is -0.484 e. The summed E-state index contributed by atoms with van der Waals surface area (Å²) >= 11 is 0. The molecule has 1 aliphatic heterocycles. The van der Waals surface area contributed by atoms with E-state index in [0.717, 1.165) is 50.1 Å². The molecular formula is C23H29N3O3. The second kappa shape index (κ2) is 10.1. The molecule has 1 heterocycles. The number of carbonyl (C=O) groups excluding carboxylic acids is 2. The summed E-state index contributed by atoms with van der Waals surface area (Å²) in [4.78, 5) is 25.7. The van der Waals surface area contributed by atoms with Crippen molar-refractivity contribution >= 4 is 17.5 Å². The molecule has 1 saturated heterocycles. The average molecular weight is 396 g/mol. The number of carbonyl (C=O) groups is 2. The Balaban J connectivity index is 1.39. The maximum absolute atomic E-state index is 12.1. The van der Waals surface area contributed by atoms with E-state index >= 15 is 0 Å². The Morgan fingerprint density at radius 3 is 2.52 bits per heavy atom. The van der Waals surface area contributed by atoms with Crippen LogP contribution in [0, 0.1) is 12.8 Å². The van der Waals surface area contributed by atoms with Crippen LogP contribution in [0.1, 0.15) is 24.0 Å². The Morgan fingerprint density at radius 2 is 1.86 bits per heavy atom. The van der Waals surface area contributed by atoms with Crippen LogP contribution in [-0.4, -0.2) is 43.0 Å². The van der Waals surface area contributed by atoms with E-state index in [-0.39, 0.29) is 24.3 Å². The number of rotatable bonds is 8. The summed E-state index contributed by atoms with van der Waals surface area (Å²) in [5, 5.41) is 2.86. The van der Waals surface area contributed by atoms with Crippen LogP contribution in [0.3, 0.4) is 0 Å². The quantitative estimate of drug-likeness (QED) is 0.720. The Labute approximate surface area is 172 Å². The van der Waals surface area contributed by atoms with Crippen LogP contribution in [0.2, 0.25) is 0 Å². The number of nitrogens with two attached hydrogens (primary N) is 1. The molecule has 154 valence electrons. The minimum atomic E-state index is -0.184. The molecule has 2 aromatic carbocycles. The average Bonchev–Trinajstić information content (AvgIpc) is 2.72. The van der Waals surface area contributed by atoms with Gasteiger partial charge in [0.05, 0.1) is 0 Å². The first kappa shape index (κ1) is 20.9. The summed E-state index contributed by atoms with van der Waals surface area (Å²) in [6.07, 6.45) is 2.64. The van der Waals surface area contributed by atoms with Crippen molar-refractivity contribution in [2.45, 2.75) is 26.2 Å². The lowest BCUT2D eigenvalue weighted by Gasteiger charge is -2.30. The highest BCUT2D eigenvalue weighted by Crippen LogP contribution is 2.18. The number of nitrogens with one attached hydrogen (secondary N) is 1. The molecule has 0 spiro atoms. The van der Waals surface area contributed by atoms with E-state index in [1.54, 1.807) is 0 Å². The van der Waals surface area contributed by atoms with Crippen molar-refractivity contribution in [2.75, 3.05) is 31.6 Å². The second-order valence-corrected chi connectivity index (χ2v) is 7.62. The smallest absolute Gasteiger partial charge is 0.262 e. The summed E-state index contributed by atoms with van der Waals surface area (Å²) in [6.45, 7) is 4.76. The molecule has 0 aliphatic carbocycles. The Morgan fingerprint density at radius 1 is 1.14 bits per heavy atom. The van der Waals surface area contributed by atoms with Gasteiger partial charge in [-0.3, -0.25) is 9.59 Å². The summed E-state index contributed by atoms with van der Waals surface area (Å²) in [6, 6.07) is 15.5. The van der Waals surface area contributed by atoms with Gasteiger partial charge < -0.3 is 20.7 Å². The van der Waals surface area contributed by atoms with E-state index in [2.05, 4.69) is 10.2 Å². The first-order valence-corrected chi connectivity index (χ1v) is 10.1. The van der Waals surface area contributed by atoms with Gasteiger partial charge in [-0.2, -0.15) is 0 Å². The molecule has 6 heteroatoms. The number of likely N-dealkylation sites (tertiary alicyclic amines) is 1. The highest BCUT2D eigenvalue weighted by molar-refractivity contribution is 5.91. The third-order valence-electron chi connectivity index (χ3n) is 5.30. The molecule has 6 nitrogen and oxygen atoms in total. The molecule has 29 heavy (non-hydrogen) atoms. The van der Waals surface area contributed by atoms with E-state index in [9.17, 15) is 9.59 Å². The van der Waals surface area contributed by atoms with Crippen LogP contribution < -0.4 is 15.8 Å². The van der Waals surface area contributed by atoms with Gasteiger partial charge in [-0.15, -0.1) is 0 Å². The summed E-state index contributed by atoms with van der Waals surface area (Å²) in [5.41, 5.74) is 8.46. The predicted molar refractivity (Wildman–Crippen MR) is 114 cm³/mol. The van der Waals surface area contributed by atoms with Crippen LogP contribution in [-0.2, 0) is 16.0 Å². The molecule has 0 saturated carbocycles. The number of anilines is 1. The molecule has 1 fully saturated rings. The molecule has 1 aliphatic rings. The fourth-order valence-corrected chi connectivity index (χ4v) is 3.53. The largest absolute Gasteiger partial charge is 0.484 e. The molecule has 2 aromatic rings. The van der Waals surface area contributed by atoms with E-state index < -0.39 is 0 Å². The van der Waals surface area contributed by atoms with Crippen molar-refractivity contribution in [1.82, 2.24) is 4.90 Å². The number of ether oxygens (including phenoxy) is 1. The van der Waals surface area contributed by atoms with Gasteiger partial charge in [-0.05, 0) is 74.7 Å². The zero-order chi connectivity index (χ0) is 20.6. The lowest BCUT2D eigenvalue weighted by atomic mass is 9.96. The minimum absolute atomic E-state index is 0.0214. The summed E-state index contributed by atoms with van der Waals surface area (Å²) in [7, 11) is 0. The first-order valence-electron chi connectivity index (χ1n) is 10.1. The third kappa shape index (κ3) is 6.61. The molecule has 3 N–H and O–H groups in total. The van der Waals surface area contributed by atoms with E-state index in [0.29, 0.717) is 5.75 Å². The number of aryl methyl sites for hydroxylation is 1. The van der Waals surface area contributed by atoms with Gasteiger partial charge in [-0.1, -0.05) is 24.3 Å².